The molecule has 0 amide bonds. The van der Waals surface area contributed by atoms with Crippen molar-refractivity contribution in [3.05, 3.63) is 18.2 Å². The third-order valence-electron chi connectivity index (χ3n) is 3.21. The number of aliphatic hydroxyl groups is 1. The molecule has 18 heavy (non-hydrogen) atoms. The Morgan fingerprint density at radius 2 is 2.17 bits per heavy atom. The van der Waals surface area contributed by atoms with Gasteiger partial charge in [0, 0.05) is 30.1 Å². The summed E-state index contributed by atoms with van der Waals surface area (Å²) in [6, 6.07) is 5.73. The third-order valence-corrected chi connectivity index (χ3v) is 3.21. The lowest BCUT2D eigenvalue weighted by atomic mass is 9.82. The fraction of sp³-hybridized carbons (Fsp3) is 0.571. The van der Waals surface area contributed by atoms with Gasteiger partial charge in [0.05, 0.1) is 12.7 Å². The molecule has 0 unspecified atom stereocenters. The highest BCUT2D eigenvalue weighted by atomic mass is 16.5. The van der Waals surface area contributed by atoms with E-state index in [0.29, 0.717) is 18.2 Å². The van der Waals surface area contributed by atoms with E-state index in [0.717, 1.165) is 37.2 Å². The molecule has 1 aliphatic carbocycles. The Kier molecular flexibility index (Phi) is 4.31. The first-order valence-corrected chi connectivity index (χ1v) is 6.62. The van der Waals surface area contributed by atoms with Crippen LogP contribution in [0.25, 0.3) is 0 Å². The highest BCUT2D eigenvalue weighted by Gasteiger charge is 2.26. The van der Waals surface area contributed by atoms with Gasteiger partial charge in [-0.25, -0.2) is 0 Å². The number of anilines is 2. The number of nitrogens with one attached hydrogen (secondary N) is 1. The van der Waals surface area contributed by atoms with Crippen LogP contribution in [0.15, 0.2) is 18.2 Å². The lowest BCUT2D eigenvalue weighted by Crippen LogP contribution is -2.33. The number of benzene rings is 1. The van der Waals surface area contributed by atoms with Gasteiger partial charge >= 0.3 is 0 Å². The molecule has 0 heterocycles. The van der Waals surface area contributed by atoms with Crippen molar-refractivity contribution in [2.45, 2.75) is 32.3 Å². The van der Waals surface area contributed by atoms with Crippen LogP contribution < -0.4 is 15.8 Å². The van der Waals surface area contributed by atoms with Gasteiger partial charge in [-0.05, 0) is 31.2 Å². The molecular weight excluding hydrogens is 228 g/mol. The first-order chi connectivity index (χ1) is 8.67. The zero-order chi connectivity index (χ0) is 13.0. The minimum absolute atomic E-state index is 0.0962. The number of nitrogens with two attached hydrogens (primary N) is 1. The van der Waals surface area contributed by atoms with Crippen molar-refractivity contribution in [1.29, 1.82) is 0 Å². The van der Waals surface area contributed by atoms with E-state index in [-0.39, 0.29) is 6.10 Å². The summed E-state index contributed by atoms with van der Waals surface area (Å²) in [7, 11) is 0. The second-order valence-electron chi connectivity index (χ2n) is 5.01. The molecule has 4 N–H and O–H groups in total. The summed E-state index contributed by atoms with van der Waals surface area (Å²) >= 11 is 0. The molecule has 100 valence electrons. The highest BCUT2D eigenvalue weighted by Crippen LogP contribution is 2.28. The van der Waals surface area contributed by atoms with E-state index >= 15 is 0 Å². The Morgan fingerprint density at radius 3 is 2.83 bits per heavy atom. The van der Waals surface area contributed by atoms with Gasteiger partial charge in [0.25, 0.3) is 0 Å². The molecule has 1 aliphatic rings. The fourth-order valence-corrected chi connectivity index (χ4v) is 2.16. The number of hydrogen-bond acceptors (Lipinski definition) is 4. The van der Waals surface area contributed by atoms with Gasteiger partial charge in [-0.2, -0.15) is 0 Å². The van der Waals surface area contributed by atoms with Crippen LogP contribution in [0.5, 0.6) is 5.75 Å². The van der Waals surface area contributed by atoms with Crippen molar-refractivity contribution < 1.29 is 9.84 Å². The molecule has 4 nitrogen and oxygen atoms in total. The summed E-state index contributed by atoms with van der Waals surface area (Å²) in [5, 5.41) is 12.6. The molecule has 0 saturated heterocycles. The molecule has 1 aromatic carbocycles. The first-order valence-electron chi connectivity index (χ1n) is 6.62. The van der Waals surface area contributed by atoms with Gasteiger partial charge < -0.3 is 20.9 Å². The molecular formula is C14H22N2O2. The lowest BCUT2D eigenvalue weighted by molar-refractivity contribution is 0.0487. The second-order valence-corrected chi connectivity index (χ2v) is 5.01. The summed E-state index contributed by atoms with van der Waals surface area (Å²) in [6.07, 6.45) is 2.68. The molecule has 0 aromatic heterocycles. The maximum absolute atomic E-state index is 9.23. The van der Waals surface area contributed by atoms with Gasteiger partial charge in [-0.1, -0.05) is 6.92 Å². The molecule has 0 bridgehead atoms. The number of aliphatic hydroxyl groups excluding tert-OH is 1. The lowest BCUT2D eigenvalue weighted by Gasteiger charge is -2.31. The quantitative estimate of drug-likeness (QED) is 0.677. The summed E-state index contributed by atoms with van der Waals surface area (Å²) in [4.78, 5) is 0. The van der Waals surface area contributed by atoms with Crippen molar-refractivity contribution in [2.24, 2.45) is 5.92 Å². The van der Waals surface area contributed by atoms with E-state index in [4.69, 9.17) is 10.5 Å². The van der Waals surface area contributed by atoms with Gasteiger partial charge in [-0.3, -0.25) is 0 Å². The van der Waals surface area contributed by atoms with E-state index in [9.17, 15) is 5.11 Å². The minimum Gasteiger partial charge on any atom is -0.493 e. The largest absolute Gasteiger partial charge is 0.493 e. The van der Waals surface area contributed by atoms with Crippen LogP contribution >= 0.6 is 0 Å². The number of nitrogen functional groups attached to an aromatic ring is 1. The van der Waals surface area contributed by atoms with E-state index in [1.54, 1.807) is 0 Å². The molecule has 0 radical (unpaired) electrons. The van der Waals surface area contributed by atoms with E-state index in [1.165, 1.54) is 0 Å². The molecule has 0 atom stereocenters. The van der Waals surface area contributed by atoms with Crippen molar-refractivity contribution >= 4 is 11.4 Å². The Bertz CT molecular complexity index is 389. The Hall–Kier alpha value is -1.42. The monoisotopic (exact) mass is 250 g/mol. The predicted octanol–water partition coefficient (Wildman–Crippen LogP) is 2.24. The molecule has 1 saturated carbocycles. The maximum atomic E-state index is 9.23. The zero-order valence-electron chi connectivity index (χ0n) is 10.9. The normalized spacial score (nSPS) is 22.3. The van der Waals surface area contributed by atoms with Crippen molar-refractivity contribution in [3.63, 3.8) is 0 Å². The summed E-state index contributed by atoms with van der Waals surface area (Å²) in [6.45, 7) is 3.67. The molecule has 0 aliphatic heterocycles. The first kappa shape index (κ1) is 13.0. The molecule has 1 aromatic rings. The van der Waals surface area contributed by atoms with Crippen molar-refractivity contribution in [1.82, 2.24) is 0 Å². The van der Waals surface area contributed by atoms with E-state index < -0.39 is 0 Å². The topological polar surface area (TPSA) is 67.5 Å². The van der Waals surface area contributed by atoms with Crippen LogP contribution in [0.1, 0.15) is 26.2 Å². The van der Waals surface area contributed by atoms with Crippen LogP contribution in [0, 0.1) is 5.92 Å². The molecule has 2 rings (SSSR count). The molecule has 4 heteroatoms. The summed E-state index contributed by atoms with van der Waals surface area (Å²) < 4.78 is 5.58. The van der Waals surface area contributed by atoms with Crippen molar-refractivity contribution in [2.75, 3.05) is 24.2 Å². The highest BCUT2D eigenvalue weighted by molar-refractivity contribution is 5.59. The van der Waals surface area contributed by atoms with Crippen LogP contribution in [0.4, 0.5) is 11.4 Å². The average Bonchev–Trinajstić information content (AvgIpc) is 2.30. The van der Waals surface area contributed by atoms with Crippen molar-refractivity contribution in [3.8, 4) is 5.75 Å². The van der Waals surface area contributed by atoms with Crippen LogP contribution in [-0.2, 0) is 0 Å². The predicted molar refractivity (Wildman–Crippen MR) is 73.9 cm³/mol. The summed E-state index contributed by atoms with van der Waals surface area (Å²) in [5.41, 5.74) is 7.54. The van der Waals surface area contributed by atoms with E-state index in [2.05, 4.69) is 12.2 Å². The molecule has 1 fully saturated rings. The smallest absolute Gasteiger partial charge is 0.123 e. The Labute approximate surface area is 108 Å². The second kappa shape index (κ2) is 5.96. The average molecular weight is 250 g/mol. The van der Waals surface area contributed by atoms with Crippen LogP contribution in [0.3, 0.4) is 0 Å². The van der Waals surface area contributed by atoms with Gasteiger partial charge in [0.1, 0.15) is 5.75 Å². The fourth-order valence-electron chi connectivity index (χ4n) is 2.16. The number of hydrogen-bond donors (Lipinski definition) is 3. The Morgan fingerprint density at radius 1 is 1.39 bits per heavy atom. The van der Waals surface area contributed by atoms with Gasteiger partial charge in [0.2, 0.25) is 0 Å². The SMILES string of the molecule is CCCOc1cc(N)cc(NCC2CC(O)C2)c1. The van der Waals surface area contributed by atoms with Gasteiger partial charge in [0.15, 0.2) is 0 Å². The number of ether oxygens (including phenoxy) is 1. The van der Waals surface area contributed by atoms with E-state index in [1.807, 2.05) is 18.2 Å². The Balaban J connectivity index is 1.88. The third kappa shape index (κ3) is 3.53. The van der Waals surface area contributed by atoms with Gasteiger partial charge in [-0.15, -0.1) is 0 Å². The number of rotatable bonds is 6. The zero-order valence-corrected chi connectivity index (χ0v) is 10.9. The standard InChI is InChI=1S/C14H22N2O2/c1-2-3-18-14-7-11(15)6-12(8-14)16-9-10-4-13(17)5-10/h6-8,10,13,16-17H,2-5,9,15H2,1H3. The van der Waals surface area contributed by atoms with Crippen LogP contribution in [-0.4, -0.2) is 24.4 Å². The maximum Gasteiger partial charge on any atom is 0.123 e. The molecule has 0 spiro atoms. The summed E-state index contributed by atoms with van der Waals surface area (Å²) in [5.74, 6) is 1.38. The van der Waals surface area contributed by atoms with Crippen LogP contribution in [0.2, 0.25) is 0 Å². The minimum atomic E-state index is -0.0962.